The Morgan fingerprint density at radius 3 is 2.71 bits per heavy atom. The number of carbonyl (C=O) groups excluding carboxylic acids is 1. The molecule has 2 aromatic heterocycles. The number of rotatable bonds is 3. The Kier molecular flexibility index (Phi) is 3.17. The van der Waals surface area contributed by atoms with E-state index in [1.165, 1.54) is 13.4 Å². The van der Waals surface area contributed by atoms with Crippen molar-refractivity contribution in [3.63, 3.8) is 0 Å². The maximum atomic E-state index is 12.8. The summed E-state index contributed by atoms with van der Waals surface area (Å²) in [4.78, 5) is 21.0. The molecule has 0 amide bonds. The van der Waals surface area contributed by atoms with Crippen LogP contribution < -0.4 is 4.74 Å². The van der Waals surface area contributed by atoms with Crippen LogP contribution >= 0.6 is 0 Å². The normalized spacial score (nSPS) is 10.8. The first-order valence-corrected chi connectivity index (χ1v) is 6.52. The van der Waals surface area contributed by atoms with Gasteiger partial charge in [-0.05, 0) is 26.0 Å². The van der Waals surface area contributed by atoms with Crippen molar-refractivity contribution >= 4 is 16.9 Å². The predicted molar refractivity (Wildman–Crippen MR) is 77.7 cm³/mol. The quantitative estimate of drug-likeness (QED) is 0.691. The lowest BCUT2D eigenvalue weighted by Gasteiger charge is -2.07. The van der Waals surface area contributed by atoms with E-state index in [1.54, 1.807) is 18.2 Å². The van der Waals surface area contributed by atoms with E-state index in [2.05, 4.69) is 9.97 Å². The second-order valence-electron chi connectivity index (χ2n) is 4.72. The molecule has 0 saturated heterocycles. The Hall–Kier alpha value is -2.69. The van der Waals surface area contributed by atoms with Crippen molar-refractivity contribution in [2.45, 2.75) is 13.8 Å². The van der Waals surface area contributed by atoms with E-state index in [4.69, 9.17) is 9.15 Å². The van der Waals surface area contributed by atoms with Crippen LogP contribution in [0, 0.1) is 13.8 Å². The molecule has 0 fully saturated rings. The summed E-state index contributed by atoms with van der Waals surface area (Å²) in [5.41, 5.74) is 2.11. The van der Waals surface area contributed by atoms with E-state index in [0.29, 0.717) is 28.1 Å². The number of carbonyl (C=O) groups is 1. The van der Waals surface area contributed by atoms with Gasteiger partial charge in [0.05, 0.1) is 18.1 Å². The number of aryl methyl sites for hydroxylation is 2. The highest BCUT2D eigenvalue weighted by molar-refractivity contribution is 6.15. The number of aromatic nitrogens is 2. The summed E-state index contributed by atoms with van der Waals surface area (Å²) >= 11 is 0. The molecule has 21 heavy (non-hydrogen) atoms. The second-order valence-corrected chi connectivity index (χ2v) is 4.72. The zero-order chi connectivity index (χ0) is 15.0. The molecule has 0 N–H and O–H groups in total. The van der Waals surface area contributed by atoms with Gasteiger partial charge in [-0.25, -0.2) is 9.97 Å². The number of ketones is 1. The van der Waals surface area contributed by atoms with Crippen molar-refractivity contribution < 1.29 is 13.9 Å². The van der Waals surface area contributed by atoms with Gasteiger partial charge in [0.2, 0.25) is 11.5 Å². The molecular weight excluding hydrogens is 268 g/mol. The molecule has 5 nitrogen and oxygen atoms in total. The van der Waals surface area contributed by atoms with Crippen LogP contribution in [0.2, 0.25) is 0 Å². The Bertz CT molecular complexity index is 837. The first kappa shape index (κ1) is 13.3. The first-order chi connectivity index (χ1) is 10.1. The number of ether oxygens (including phenoxy) is 1. The van der Waals surface area contributed by atoms with Crippen molar-refractivity contribution in [2.24, 2.45) is 0 Å². The molecule has 0 unspecified atom stereocenters. The highest BCUT2D eigenvalue weighted by Gasteiger charge is 2.22. The largest absolute Gasteiger partial charge is 0.496 e. The molecule has 106 valence electrons. The SMILES string of the molecule is COc1ccccc1C(=O)c1ncnc2oc(C)c(C)c12. The molecule has 0 radical (unpaired) electrons. The number of furan rings is 1. The maximum Gasteiger partial charge on any atom is 0.230 e. The molecule has 2 heterocycles. The van der Waals surface area contributed by atoms with Crippen LogP contribution in [-0.4, -0.2) is 22.9 Å². The molecule has 0 aliphatic carbocycles. The van der Waals surface area contributed by atoms with E-state index in [9.17, 15) is 4.79 Å². The minimum Gasteiger partial charge on any atom is -0.496 e. The van der Waals surface area contributed by atoms with E-state index in [-0.39, 0.29) is 5.78 Å². The number of hydrogen-bond donors (Lipinski definition) is 0. The number of hydrogen-bond acceptors (Lipinski definition) is 5. The molecule has 3 aromatic rings. The zero-order valence-electron chi connectivity index (χ0n) is 12.0. The van der Waals surface area contributed by atoms with Gasteiger partial charge in [-0.3, -0.25) is 4.79 Å². The molecule has 3 rings (SSSR count). The van der Waals surface area contributed by atoms with Crippen molar-refractivity contribution in [1.29, 1.82) is 0 Å². The maximum absolute atomic E-state index is 12.8. The van der Waals surface area contributed by atoms with Crippen molar-refractivity contribution in [2.75, 3.05) is 7.11 Å². The monoisotopic (exact) mass is 282 g/mol. The van der Waals surface area contributed by atoms with Gasteiger partial charge in [0.15, 0.2) is 0 Å². The van der Waals surface area contributed by atoms with Crippen LogP contribution in [0.25, 0.3) is 11.1 Å². The molecule has 0 aliphatic heterocycles. The molecular formula is C16H14N2O3. The summed E-state index contributed by atoms with van der Waals surface area (Å²) in [6, 6.07) is 7.08. The van der Waals surface area contributed by atoms with Crippen molar-refractivity contribution in [1.82, 2.24) is 9.97 Å². The molecule has 0 bridgehead atoms. The fraction of sp³-hybridized carbons (Fsp3) is 0.188. The summed E-state index contributed by atoms with van der Waals surface area (Å²) in [5.74, 6) is 1.05. The molecule has 0 aliphatic rings. The lowest BCUT2D eigenvalue weighted by Crippen LogP contribution is -2.07. The average Bonchev–Trinajstić information content (AvgIpc) is 2.81. The van der Waals surface area contributed by atoms with Gasteiger partial charge in [-0.15, -0.1) is 0 Å². The van der Waals surface area contributed by atoms with Crippen molar-refractivity contribution in [3.05, 3.63) is 53.2 Å². The number of para-hydroxylation sites is 1. The average molecular weight is 282 g/mol. The Labute approximate surface area is 121 Å². The minimum atomic E-state index is -0.205. The highest BCUT2D eigenvalue weighted by Crippen LogP contribution is 2.28. The van der Waals surface area contributed by atoms with E-state index in [0.717, 1.165) is 11.3 Å². The van der Waals surface area contributed by atoms with Crippen LogP contribution in [0.5, 0.6) is 5.75 Å². The predicted octanol–water partition coefficient (Wildman–Crippen LogP) is 3.08. The second kappa shape index (κ2) is 5.01. The molecule has 5 heteroatoms. The smallest absolute Gasteiger partial charge is 0.230 e. The number of fused-ring (bicyclic) bond motifs is 1. The minimum absolute atomic E-state index is 0.205. The summed E-state index contributed by atoms with van der Waals surface area (Å²) in [7, 11) is 1.54. The Morgan fingerprint density at radius 1 is 1.19 bits per heavy atom. The fourth-order valence-electron chi connectivity index (χ4n) is 2.31. The van der Waals surface area contributed by atoms with Gasteiger partial charge >= 0.3 is 0 Å². The number of benzene rings is 1. The summed E-state index contributed by atoms with van der Waals surface area (Å²) in [5, 5.41) is 0.658. The van der Waals surface area contributed by atoms with Gasteiger partial charge in [-0.2, -0.15) is 0 Å². The standard InChI is InChI=1S/C16H14N2O3/c1-9-10(2)21-16-13(9)14(17-8-18-16)15(19)11-6-4-5-7-12(11)20-3/h4-8H,1-3H3. The van der Waals surface area contributed by atoms with Crippen LogP contribution in [-0.2, 0) is 0 Å². The van der Waals surface area contributed by atoms with Crippen LogP contribution in [0.1, 0.15) is 27.4 Å². The van der Waals surface area contributed by atoms with Gasteiger partial charge < -0.3 is 9.15 Å². The van der Waals surface area contributed by atoms with Gasteiger partial charge in [0.25, 0.3) is 0 Å². The number of nitrogens with zero attached hydrogens (tertiary/aromatic N) is 2. The number of methoxy groups -OCH3 is 1. The topological polar surface area (TPSA) is 65.2 Å². The summed E-state index contributed by atoms with van der Waals surface area (Å²) in [6.07, 6.45) is 1.34. The molecule has 0 atom stereocenters. The lowest BCUT2D eigenvalue weighted by atomic mass is 10.0. The highest BCUT2D eigenvalue weighted by atomic mass is 16.5. The molecule has 0 spiro atoms. The van der Waals surface area contributed by atoms with Crippen LogP contribution in [0.15, 0.2) is 35.0 Å². The summed E-state index contributed by atoms with van der Waals surface area (Å²) < 4.78 is 10.8. The van der Waals surface area contributed by atoms with Gasteiger partial charge in [-0.1, -0.05) is 12.1 Å². The Balaban J connectivity index is 2.23. The zero-order valence-corrected chi connectivity index (χ0v) is 12.0. The lowest BCUT2D eigenvalue weighted by molar-refractivity contribution is 0.103. The van der Waals surface area contributed by atoms with Crippen molar-refractivity contribution in [3.8, 4) is 5.75 Å². The summed E-state index contributed by atoms with van der Waals surface area (Å²) in [6.45, 7) is 3.73. The third-order valence-electron chi connectivity index (χ3n) is 3.53. The third-order valence-corrected chi connectivity index (χ3v) is 3.53. The molecule has 1 aromatic carbocycles. The van der Waals surface area contributed by atoms with Gasteiger partial charge in [0.1, 0.15) is 23.5 Å². The third kappa shape index (κ3) is 2.07. The van der Waals surface area contributed by atoms with Gasteiger partial charge in [0, 0.05) is 5.56 Å². The van der Waals surface area contributed by atoms with E-state index in [1.807, 2.05) is 19.9 Å². The van der Waals surface area contributed by atoms with Crippen LogP contribution in [0.4, 0.5) is 0 Å². The van der Waals surface area contributed by atoms with Crippen LogP contribution in [0.3, 0.4) is 0 Å². The van der Waals surface area contributed by atoms with E-state index >= 15 is 0 Å². The first-order valence-electron chi connectivity index (χ1n) is 6.52. The fourth-order valence-corrected chi connectivity index (χ4v) is 2.31. The van der Waals surface area contributed by atoms with E-state index < -0.39 is 0 Å². The molecule has 0 saturated carbocycles. The Morgan fingerprint density at radius 2 is 1.95 bits per heavy atom.